The highest BCUT2D eigenvalue weighted by molar-refractivity contribution is 5.71. The zero-order valence-corrected chi connectivity index (χ0v) is 6.09. The van der Waals surface area contributed by atoms with Crippen molar-refractivity contribution in [1.82, 2.24) is 0 Å². The number of allylic oxidation sites excluding steroid dienone is 2. The Morgan fingerprint density at radius 3 is 2.67 bits per heavy atom. The lowest BCUT2D eigenvalue weighted by Gasteiger charge is -1.81. The van der Waals surface area contributed by atoms with Crippen LogP contribution in [0.3, 0.4) is 0 Å². The van der Waals surface area contributed by atoms with Crippen molar-refractivity contribution in [2.75, 3.05) is 6.54 Å². The zero-order valence-electron chi connectivity index (χ0n) is 6.09. The molecule has 0 saturated heterocycles. The van der Waals surface area contributed by atoms with Crippen LogP contribution in [0.4, 0.5) is 0 Å². The van der Waals surface area contributed by atoms with Crippen LogP contribution in [-0.4, -0.2) is 12.8 Å². The van der Waals surface area contributed by atoms with Crippen LogP contribution < -0.4 is 0 Å². The van der Waals surface area contributed by atoms with Crippen LogP contribution >= 0.6 is 0 Å². The van der Waals surface area contributed by atoms with Crippen molar-refractivity contribution in [2.24, 2.45) is 4.99 Å². The average molecular weight is 123 g/mol. The first-order valence-corrected chi connectivity index (χ1v) is 3.01. The number of hydrogen-bond donors (Lipinski definition) is 0. The van der Waals surface area contributed by atoms with E-state index in [0.29, 0.717) is 6.54 Å². The summed E-state index contributed by atoms with van der Waals surface area (Å²) in [7, 11) is 0. The van der Waals surface area contributed by atoms with Crippen molar-refractivity contribution in [3.05, 3.63) is 24.3 Å². The number of rotatable bonds is 3. The van der Waals surface area contributed by atoms with Gasteiger partial charge in [-0.05, 0) is 19.9 Å². The molecule has 0 aliphatic heterocycles. The fourth-order valence-corrected chi connectivity index (χ4v) is 0.337. The molecule has 0 rings (SSSR count). The van der Waals surface area contributed by atoms with Crippen molar-refractivity contribution in [3.63, 3.8) is 0 Å². The third kappa shape index (κ3) is 7.15. The van der Waals surface area contributed by atoms with Crippen LogP contribution in [0.15, 0.2) is 29.3 Å². The lowest BCUT2D eigenvalue weighted by molar-refractivity contribution is 1.26. The molecule has 0 saturated carbocycles. The van der Waals surface area contributed by atoms with Crippen molar-refractivity contribution in [1.29, 1.82) is 0 Å². The molecule has 50 valence electrons. The van der Waals surface area contributed by atoms with Crippen molar-refractivity contribution in [3.8, 4) is 0 Å². The molecule has 0 spiro atoms. The van der Waals surface area contributed by atoms with Gasteiger partial charge in [0.25, 0.3) is 0 Å². The first-order chi connectivity index (χ1) is 4.27. The number of aliphatic imine (C=N–C) groups is 1. The summed E-state index contributed by atoms with van der Waals surface area (Å²) in [5, 5.41) is 0. The number of hydrogen-bond acceptors (Lipinski definition) is 1. The molecular weight excluding hydrogens is 110 g/mol. The van der Waals surface area contributed by atoms with E-state index in [1.807, 2.05) is 19.9 Å². The molecule has 1 heteroatoms. The SMILES string of the molecule is C=CCN=CC=C(C)C. The smallest absolute Gasteiger partial charge is 0.0567 e. The van der Waals surface area contributed by atoms with E-state index in [1.165, 1.54) is 5.57 Å². The third-order valence-corrected chi connectivity index (χ3v) is 0.748. The van der Waals surface area contributed by atoms with Crippen LogP contribution in [0.25, 0.3) is 0 Å². The standard InChI is InChI=1S/C8H13N/c1-4-6-9-7-5-8(2)3/h4-5,7H,1,6H2,2-3H3. The van der Waals surface area contributed by atoms with Crippen molar-refractivity contribution >= 4 is 6.21 Å². The van der Waals surface area contributed by atoms with Crippen LogP contribution in [-0.2, 0) is 0 Å². The van der Waals surface area contributed by atoms with E-state index in [4.69, 9.17) is 0 Å². The summed E-state index contributed by atoms with van der Waals surface area (Å²) in [6, 6.07) is 0. The topological polar surface area (TPSA) is 12.4 Å². The van der Waals surface area contributed by atoms with Gasteiger partial charge in [0.1, 0.15) is 0 Å². The van der Waals surface area contributed by atoms with Gasteiger partial charge in [-0.15, -0.1) is 6.58 Å². The normalized spacial score (nSPS) is 9.56. The number of nitrogens with zero attached hydrogens (tertiary/aromatic N) is 1. The fraction of sp³-hybridized carbons (Fsp3) is 0.375. The van der Waals surface area contributed by atoms with Gasteiger partial charge in [0, 0.05) is 6.21 Å². The molecule has 0 aromatic carbocycles. The van der Waals surface area contributed by atoms with E-state index in [9.17, 15) is 0 Å². The van der Waals surface area contributed by atoms with Crippen LogP contribution in [0.1, 0.15) is 13.8 Å². The minimum absolute atomic E-state index is 0.712. The fourth-order valence-electron chi connectivity index (χ4n) is 0.337. The van der Waals surface area contributed by atoms with E-state index in [-0.39, 0.29) is 0 Å². The van der Waals surface area contributed by atoms with E-state index in [1.54, 1.807) is 12.3 Å². The first kappa shape index (κ1) is 8.15. The van der Waals surface area contributed by atoms with Gasteiger partial charge in [0.2, 0.25) is 0 Å². The summed E-state index contributed by atoms with van der Waals surface area (Å²) in [5.74, 6) is 0. The molecule has 9 heavy (non-hydrogen) atoms. The van der Waals surface area contributed by atoms with Gasteiger partial charge in [-0.3, -0.25) is 4.99 Å². The molecular formula is C8H13N. The molecule has 0 aromatic rings. The van der Waals surface area contributed by atoms with E-state index in [0.717, 1.165) is 0 Å². The molecule has 0 amide bonds. The lowest BCUT2D eigenvalue weighted by atomic mass is 10.3. The van der Waals surface area contributed by atoms with Crippen molar-refractivity contribution in [2.45, 2.75) is 13.8 Å². The Balaban J connectivity index is 3.47. The molecule has 0 radical (unpaired) electrons. The monoisotopic (exact) mass is 123 g/mol. The first-order valence-electron chi connectivity index (χ1n) is 3.01. The van der Waals surface area contributed by atoms with Gasteiger partial charge in [-0.25, -0.2) is 0 Å². The summed E-state index contributed by atoms with van der Waals surface area (Å²) in [5.41, 5.74) is 1.27. The summed E-state index contributed by atoms with van der Waals surface area (Å²) >= 11 is 0. The molecule has 0 bridgehead atoms. The van der Waals surface area contributed by atoms with Gasteiger partial charge in [0.05, 0.1) is 6.54 Å². The minimum atomic E-state index is 0.712. The maximum absolute atomic E-state index is 4.01. The highest BCUT2D eigenvalue weighted by Crippen LogP contribution is 1.83. The largest absolute Gasteiger partial charge is 0.289 e. The van der Waals surface area contributed by atoms with E-state index in [2.05, 4.69) is 11.6 Å². The Labute approximate surface area is 56.8 Å². The van der Waals surface area contributed by atoms with Crippen LogP contribution in [0, 0.1) is 0 Å². The molecule has 0 aliphatic rings. The highest BCUT2D eigenvalue weighted by atomic mass is 14.7. The van der Waals surface area contributed by atoms with Crippen molar-refractivity contribution < 1.29 is 0 Å². The Hall–Kier alpha value is -0.850. The molecule has 0 aromatic heterocycles. The molecule has 0 N–H and O–H groups in total. The summed E-state index contributed by atoms with van der Waals surface area (Å²) in [6.07, 6.45) is 5.55. The van der Waals surface area contributed by atoms with Crippen LogP contribution in [0.5, 0.6) is 0 Å². The Morgan fingerprint density at radius 2 is 2.22 bits per heavy atom. The van der Waals surface area contributed by atoms with Gasteiger partial charge in [-0.2, -0.15) is 0 Å². The Morgan fingerprint density at radius 1 is 1.56 bits per heavy atom. The Bertz CT molecular complexity index is 128. The highest BCUT2D eigenvalue weighted by Gasteiger charge is 1.69. The Kier molecular flexibility index (Phi) is 4.79. The molecule has 0 unspecified atom stereocenters. The molecule has 0 atom stereocenters. The second-order valence-corrected chi connectivity index (χ2v) is 2.05. The van der Waals surface area contributed by atoms with Crippen LogP contribution in [0.2, 0.25) is 0 Å². The summed E-state index contributed by atoms with van der Waals surface area (Å²) in [4.78, 5) is 4.01. The van der Waals surface area contributed by atoms with E-state index >= 15 is 0 Å². The third-order valence-electron chi connectivity index (χ3n) is 0.748. The maximum atomic E-state index is 4.01. The van der Waals surface area contributed by atoms with Gasteiger partial charge in [-0.1, -0.05) is 11.6 Å². The summed E-state index contributed by atoms with van der Waals surface area (Å²) in [6.45, 7) is 8.34. The average Bonchev–Trinajstić information content (AvgIpc) is 1.80. The molecule has 0 fully saturated rings. The molecule has 1 nitrogen and oxygen atoms in total. The second-order valence-electron chi connectivity index (χ2n) is 2.05. The van der Waals surface area contributed by atoms with Gasteiger partial charge >= 0.3 is 0 Å². The van der Waals surface area contributed by atoms with E-state index < -0.39 is 0 Å². The predicted octanol–water partition coefficient (Wildman–Crippen LogP) is 2.21. The maximum Gasteiger partial charge on any atom is 0.0567 e. The zero-order chi connectivity index (χ0) is 7.11. The molecule has 0 heterocycles. The molecule has 0 aliphatic carbocycles. The quantitative estimate of drug-likeness (QED) is 0.403. The lowest BCUT2D eigenvalue weighted by Crippen LogP contribution is -1.72. The van der Waals surface area contributed by atoms with Gasteiger partial charge < -0.3 is 0 Å². The second kappa shape index (κ2) is 5.29. The predicted molar refractivity (Wildman–Crippen MR) is 43.0 cm³/mol. The minimum Gasteiger partial charge on any atom is -0.289 e. The van der Waals surface area contributed by atoms with Gasteiger partial charge in [0.15, 0.2) is 0 Å². The summed E-state index contributed by atoms with van der Waals surface area (Å²) < 4.78 is 0.